The zero-order valence-electron chi connectivity index (χ0n) is 16.7. The number of nitrogens with one attached hydrogen (secondary N) is 1. The summed E-state index contributed by atoms with van der Waals surface area (Å²) < 4.78 is 27.5. The van der Waals surface area contributed by atoms with Gasteiger partial charge in [0.2, 0.25) is 10.0 Å². The lowest BCUT2D eigenvalue weighted by Gasteiger charge is -2.26. The maximum absolute atomic E-state index is 13.0. The van der Waals surface area contributed by atoms with E-state index in [4.69, 9.17) is 16.4 Å². The Morgan fingerprint density at radius 3 is 2.57 bits per heavy atom. The quantitative estimate of drug-likeness (QED) is 0.514. The van der Waals surface area contributed by atoms with Crippen LogP contribution in [0.2, 0.25) is 5.02 Å². The number of nitrogens with zero attached hydrogens (tertiary/aromatic N) is 2. The Kier molecular flexibility index (Phi) is 7.47. The van der Waals surface area contributed by atoms with E-state index >= 15 is 0 Å². The Bertz CT molecular complexity index is 1020. The molecule has 0 aromatic heterocycles. The lowest BCUT2D eigenvalue weighted by Crippen LogP contribution is -2.36. The minimum atomic E-state index is -3.59. The summed E-state index contributed by atoms with van der Waals surface area (Å²) in [5.41, 5.74) is 1.82. The second-order valence-corrected chi connectivity index (χ2v) is 9.40. The van der Waals surface area contributed by atoms with Crippen molar-refractivity contribution < 1.29 is 18.0 Å². The van der Waals surface area contributed by atoms with E-state index in [1.807, 2.05) is 0 Å². The fraction of sp³-hybridized carbons (Fsp3) is 0.333. The smallest absolute Gasteiger partial charge is 0.265 e. The number of halogens is 1. The van der Waals surface area contributed by atoms with E-state index in [2.05, 4.69) is 10.5 Å². The summed E-state index contributed by atoms with van der Waals surface area (Å²) in [6.45, 7) is 2.50. The highest BCUT2D eigenvalue weighted by Crippen LogP contribution is 2.26. The van der Waals surface area contributed by atoms with Crippen LogP contribution in [0.5, 0.6) is 0 Å². The molecule has 1 aliphatic heterocycles. The Morgan fingerprint density at radius 1 is 1.17 bits per heavy atom. The van der Waals surface area contributed by atoms with Crippen molar-refractivity contribution in [1.29, 1.82) is 0 Å². The first kappa shape index (κ1) is 22.3. The van der Waals surface area contributed by atoms with E-state index in [0.29, 0.717) is 29.4 Å². The first-order valence-electron chi connectivity index (χ1n) is 9.68. The second kappa shape index (κ2) is 10.1. The number of hydrogen-bond acceptors (Lipinski definition) is 5. The van der Waals surface area contributed by atoms with Crippen molar-refractivity contribution in [2.75, 3.05) is 25.0 Å². The third kappa shape index (κ3) is 5.81. The van der Waals surface area contributed by atoms with Gasteiger partial charge in [-0.1, -0.05) is 41.4 Å². The fourth-order valence-electron chi connectivity index (χ4n) is 3.14. The van der Waals surface area contributed by atoms with Crippen LogP contribution < -0.4 is 5.32 Å². The molecular formula is C21H24ClN3O4S. The van der Waals surface area contributed by atoms with Crippen molar-refractivity contribution in [1.82, 2.24) is 4.31 Å². The van der Waals surface area contributed by atoms with E-state index < -0.39 is 15.9 Å². The summed E-state index contributed by atoms with van der Waals surface area (Å²) in [6, 6.07) is 11.8. The van der Waals surface area contributed by atoms with Crippen LogP contribution in [0.3, 0.4) is 0 Å². The minimum absolute atomic E-state index is 0.212. The van der Waals surface area contributed by atoms with Gasteiger partial charge < -0.3 is 10.2 Å². The highest BCUT2D eigenvalue weighted by Gasteiger charge is 2.27. The molecule has 1 fully saturated rings. The molecule has 7 nitrogen and oxygen atoms in total. The zero-order chi connectivity index (χ0) is 21.6. The molecule has 0 bridgehead atoms. The topological polar surface area (TPSA) is 88.1 Å². The summed E-state index contributed by atoms with van der Waals surface area (Å²) in [4.78, 5) is 17.4. The molecule has 1 N–H and O–H groups in total. The Morgan fingerprint density at radius 2 is 1.87 bits per heavy atom. The van der Waals surface area contributed by atoms with Gasteiger partial charge in [0.25, 0.3) is 5.91 Å². The van der Waals surface area contributed by atoms with E-state index in [9.17, 15) is 13.2 Å². The van der Waals surface area contributed by atoms with Gasteiger partial charge in [-0.3, -0.25) is 4.79 Å². The van der Waals surface area contributed by atoms with Gasteiger partial charge in [0.1, 0.15) is 0 Å². The molecule has 0 saturated carbocycles. The van der Waals surface area contributed by atoms with Gasteiger partial charge in [-0.2, -0.15) is 4.31 Å². The summed E-state index contributed by atoms with van der Waals surface area (Å²) in [5.74, 6) is -0.437. The second-order valence-electron chi connectivity index (χ2n) is 7.05. The van der Waals surface area contributed by atoms with Crippen molar-refractivity contribution in [2.24, 2.45) is 5.16 Å². The number of oxime groups is 1. The van der Waals surface area contributed by atoms with Gasteiger partial charge in [-0.15, -0.1) is 0 Å². The van der Waals surface area contributed by atoms with Crippen LogP contribution >= 0.6 is 11.6 Å². The maximum atomic E-state index is 13.0. The third-order valence-corrected chi connectivity index (χ3v) is 7.04. The average molecular weight is 450 g/mol. The molecule has 160 valence electrons. The van der Waals surface area contributed by atoms with Gasteiger partial charge >= 0.3 is 0 Å². The van der Waals surface area contributed by atoms with E-state index in [0.717, 1.165) is 24.8 Å². The van der Waals surface area contributed by atoms with Crippen LogP contribution in [0.15, 0.2) is 52.5 Å². The number of hydrogen-bond donors (Lipinski definition) is 1. The van der Waals surface area contributed by atoms with Crippen LogP contribution in [-0.4, -0.2) is 44.5 Å². The number of sulfonamides is 1. The van der Waals surface area contributed by atoms with E-state index in [1.54, 1.807) is 43.3 Å². The number of rotatable bonds is 7. The highest BCUT2D eigenvalue weighted by atomic mass is 35.5. The number of amides is 1. The monoisotopic (exact) mass is 449 g/mol. The first-order valence-corrected chi connectivity index (χ1v) is 11.5. The van der Waals surface area contributed by atoms with Crippen LogP contribution in [-0.2, 0) is 19.7 Å². The van der Waals surface area contributed by atoms with Crippen molar-refractivity contribution in [3.8, 4) is 0 Å². The number of anilines is 1. The van der Waals surface area contributed by atoms with Gasteiger partial charge in [0, 0.05) is 23.8 Å². The minimum Gasteiger partial charge on any atom is -0.386 e. The molecule has 1 aliphatic rings. The lowest BCUT2D eigenvalue weighted by molar-refractivity contribution is -0.120. The van der Waals surface area contributed by atoms with Crippen LogP contribution in [0, 0.1) is 6.92 Å². The molecule has 0 aliphatic carbocycles. The predicted molar refractivity (Wildman–Crippen MR) is 117 cm³/mol. The van der Waals surface area contributed by atoms with Crippen molar-refractivity contribution >= 4 is 39.4 Å². The molecule has 0 unspecified atom stereocenters. The number of piperidine rings is 1. The Hall–Kier alpha value is -2.42. The Balaban J connectivity index is 1.60. The number of carbonyl (C=O) groups excluding carboxylic acids is 1. The van der Waals surface area contributed by atoms with E-state index in [-0.39, 0.29) is 11.5 Å². The predicted octanol–water partition coefficient (Wildman–Crippen LogP) is 3.81. The summed E-state index contributed by atoms with van der Waals surface area (Å²) in [6.07, 6.45) is 4.24. The molecule has 0 atom stereocenters. The summed E-state index contributed by atoms with van der Waals surface area (Å²) in [5, 5.41) is 7.02. The third-order valence-electron chi connectivity index (χ3n) is 4.75. The number of benzene rings is 2. The normalized spacial score (nSPS) is 15.3. The van der Waals surface area contributed by atoms with Crippen molar-refractivity contribution in [2.45, 2.75) is 31.1 Å². The average Bonchev–Trinajstić information content (AvgIpc) is 2.74. The molecule has 2 aromatic carbocycles. The summed E-state index contributed by atoms with van der Waals surface area (Å²) in [7, 11) is -3.59. The van der Waals surface area contributed by atoms with Gasteiger partial charge in [-0.05, 0) is 55.2 Å². The SMILES string of the molecule is Cc1ccc(NC(=O)CO/N=C/c2ccc(Cl)cc2)cc1S(=O)(=O)N1CCCCC1. The largest absolute Gasteiger partial charge is 0.386 e. The number of aryl methyl sites for hydroxylation is 1. The molecule has 1 amide bonds. The number of carbonyl (C=O) groups is 1. The standard InChI is InChI=1S/C21H24ClN3O4S/c1-16-5-10-19(13-20(16)30(27,28)25-11-3-2-4-12-25)24-21(26)15-29-23-14-17-6-8-18(22)9-7-17/h5-10,13-14H,2-4,11-12,15H2,1H3,(H,24,26)/b23-14+. The molecule has 3 rings (SSSR count). The molecule has 30 heavy (non-hydrogen) atoms. The van der Waals surface area contributed by atoms with Crippen LogP contribution in [0.4, 0.5) is 5.69 Å². The molecule has 1 saturated heterocycles. The molecule has 1 heterocycles. The van der Waals surface area contributed by atoms with Gasteiger partial charge in [0.15, 0.2) is 6.61 Å². The zero-order valence-corrected chi connectivity index (χ0v) is 18.2. The molecular weight excluding hydrogens is 426 g/mol. The van der Waals surface area contributed by atoms with Crippen molar-refractivity contribution in [3.05, 3.63) is 58.6 Å². The van der Waals surface area contributed by atoms with Gasteiger partial charge in [0.05, 0.1) is 11.1 Å². The fourth-order valence-corrected chi connectivity index (χ4v) is 5.03. The molecule has 9 heteroatoms. The first-order chi connectivity index (χ1) is 14.4. The van der Waals surface area contributed by atoms with Crippen LogP contribution in [0.25, 0.3) is 0 Å². The molecule has 0 spiro atoms. The maximum Gasteiger partial charge on any atom is 0.265 e. The van der Waals surface area contributed by atoms with Crippen molar-refractivity contribution in [3.63, 3.8) is 0 Å². The molecule has 2 aromatic rings. The Labute approximate surface area is 181 Å². The van der Waals surface area contributed by atoms with Gasteiger partial charge in [-0.25, -0.2) is 8.42 Å². The summed E-state index contributed by atoms with van der Waals surface area (Å²) >= 11 is 5.82. The van der Waals surface area contributed by atoms with Crippen LogP contribution in [0.1, 0.15) is 30.4 Å². The highest BCUT2D eigenvalue weighted by molar-refractivity contribution is 7.89. The molecule has 0 radical (unpaired) electrons. The van der Waals surface area contributed by atoms with E-state index in [1.165, 1.54) is 16.6 Å². The lowest BCUT2D eigenvalue weighted by atomic mass is 10.2.